The fraction of sp³-hybridized carbons (Fsp3) is 0.538. The first kappa shape index (κ1) is 16.2. The Labute approximate surface area is 123 Å². The lowest BCUT2D eigenvalue weighted by Crippen LogP contribution is -2.42. The lowest BCUT2D eigenvalue weighted by Gasteiger charge is -2.17. The predicted molar refractivity (Wildman–Crippen MR) is 76.0 cm³/mol. The Kier molecular flexibility index (Phi) is 4.82. The summed E-state index contributed by atoms with van der Waals surface area (Å²) in [6.07, 6.45) is 0.234. The summed E-state index contributed by atoms with van der Waals surface area (Å²) in [5, 5.41) is 9.88. The topological polar surface area (TPSA) is 78.9 Å². The van der Waals surface area contributed by atoms with Crippen LogP contribution in [0.3, 0.4) is 0 Å². The van der Waals surface area contributed by atoms with Crippen LogP contribution in [0, 0.1) is 5.82 Å². The number of benzene rings is 1. The van der Waals surface area contributed by atoms with E-state index in [-0.39, 0.29) is 18.8 Å². The SMILES string of the molecule is COc1cccc(CN2C[C@@H](O)[C@H](NS(C)(=O)=O)C2)c1F. The van der Waals surface area contributed by atoms with Crippen LogP contribution >= 0.6 is 0 Å². The number of sulfonamides is 1. The Hall–Kier alpha value is -1.22. The molecule has 0 aromatic heterocycles. The molecule has 0 spiro atoms. The lowest BCUT2D eigenvalue weighted by molar-refractivity contribution is 0.159. The minimum Gasteiger partial charge on any atom is -0.494 e. The Bertz CT molecular complexity index is 608. The average Bonchev–Trinajstić information content (AvgIpc) is 2.70. The van der Waals surface area contributed by atoms with E-state index in [1.807, 2.05) is 0 Å². The van der Waals surface area contributed by atoms with Gasteiger partial charge < -0.3 is 9.84 Å². The minimum atomic E-state index is -3.39. The zero-order valence-electron chi connectivity index (χ0n) is 11.9. The predicted octanol–water partition coefficient (Wildman–Crippen LogP) is -0.0714. The number of halogens is 1. The van der Waals surface area contributed by atoms with Gasteiger partial charge in [0, 0.05) is 25.2 Å². The van der Waals surface area contributed by atoms with E-state index in [4.69, 9.17) is 4.74 Å². The van der Waals surface area contributed by atoms with Crippen molar-refractivity contribution in [3.05, 3.63) is 29.6 Å². The van der Waals surface area contributed by atoms with Crippen LogP contribution in [-0.2, 0) is 16.6 Å². The number of likely N-dealkylation sites (tertiary alicyclic amines) is 1. The number of aliphatic hydroxyl groups excluding tert-OH is 1. The first-order valence-corrected chi connectivity index (χ1v) is 8.38. The molecule has 1 heterocycles. The van der Waals surface area contributed by atoms with Crippen LogP contribution in [0.4, 0.5) is 4.39 Å². The van der Waals surface area contributed by atoms with Gasteiger partial charge in [0.2, 0.25) is 10.0 Å². The summed E-state index contributed by atoms with van der Waals surface area (Å²) in [4.78, 5) is 1.80. The highest BCUT2D eigenvalue weighted by molar-refractivity contribution is 7.88. The molecule has 8 heteroatoms. The van der Waals surface area contributed by atoms with Crippen molar-refractivity contribution in [1.82, 2.24) is 9.62 Å². The third-order valence-corrected chi connectivity index (χ3v) is 4.12. The lowest BCUT2D eigenvalue weighted by atomic mass is 10.2. The van der Waals surface area contributed by atoms with Crippen molar-refractivity contribution in [2.75, 3.05) is 26.5 Å². The number of hydrogen-bond donors (Lipinski definition) is 2. The van der Waals surface area contributed by atoms with Crippen molar-refractivity contribution in [2.45, 2.75) is 18.7 Å². The number of nitrogens with zero attached hydrogens (tertiary/aromatic N) is 1. The molecular weight excluding hydrogens is 299 g/mol. The van der Waals surface area contributed by atoms with Crippen molar-refractivity contribution < 1.29 is 22.7 Å². The maximum absolute atomic E-state index is 14.1. The zero-order chi connectivity index (χ0) is 15.6. The van der Waals surface area contributed by atoms with E-state index in [0.717, 1.165) is 6.26 Å². The third kappa shape index (κ3) is 4.13. The van der Waals surface area contributed by atoms with Crippen molar-refractivity contribution in [2.24, 2.45) is 0 Å². The van der Waals surface area contributed by atoms with Crippen molar-refractivity contribution >= 4 is 10.0 Å². The van der Waals surface area contributed by atoms with E-state index < -0.39 is 28.0 Å². The number of nitrogens with one attached hydrogen (secondary N) is 1. The molecule has 6 nitrogen and oxygen atoms in total. The molecule has 0 aliphatic carbocycles. The number of β-amino-alcohol motifs (C(OH)–C–C–N with tert-alkyl or cyclic N) is 1. The van der Waals surface area contributed by atoms with Crippen LogP contribution < -0.4 is 9.46 Å². The summed E-state index contributed by atoms with van der Waals surface area (Å²) < 4.78 is 43.8. The van der Waals surface area contributed by atoms with Gasteiger partial charge >= 0.3 is 0 Å². The standard InChI is InChI=1S/C13H19FN2O4S/c1-20-12-5-3-4-9(13(12)14)6-16-7-10(11(17)8-16)15-21(2,18)19/h3-5,10-11,15,17H,6-8H2,1-2H3/t10-,11-/m1/s1. The van der Waals surface area contributed by atoms with E-state index >= 15 is 0 Å². The van der Waals surface area contributed by atoms with Crippen LogP contribution in [0.15, 0.2) is 18.2 Å². The largest absolute Gasteiger partial charge is 0.494 e. The van der Waals surface area contributed by atoms with Gasteiger partial charge in [0.25, 0.3) is 0 Å². The summed E-state index contributed by atoms with van der Waals surface area (Å²) in [7, 11) is -1.99. The quantitative estimate of drug-likeness (QED) is 0.794. The van der Waals surface area contributed by atoms with Gasteiger partial charge in [-0.1, -0.05) is 12.1 Å². The highest BCUT2D eigenvalue weighted by Crippen LogP contribution is 2.23. The summed E-state index contributed by atoms with van der Waals surface area (Å²) in [6, 6.07) is 4.29. The average molecular weight is 318 g/mol. The molecule has 118 valence electrons. The Morgan fingerprint density at radius 1 is 1.48 bits per heavy atom. The second-order valence-electron chi connectivity index (χ2n) is 5.19. The molecule has 2 rings (SSSR count). The molecule has 21 heavy (non-hydrogen) atoms. The van der Waals surface area contributed by atoms with Gasteiger partial charge in [-0.3, -0.25) is 4.90 Å². The van der Waals surface area contributed by atoms with Gasteiger partial charge in [-0.25, -0.2) is 17.5 Å². The van der Waals surface area contributed by atoms with E-state index in [9.17, 15) is 17.9 Å². The van der Waals surface area contributed by atoms with E-state index in [2.05, 4.69) is 4.72 Å². The molecule has 0 bridgehead atoms. The van der Waals surface area contributed by atoms with Gasteiger partial charge in [-0.15, -0.1) is 0 Å². The van der Waals surface area contributed by atoms with Gasteiger partial charge in [0.1, 0.15) is 0 Å². The normalized spacial score (nSPS) is 23.4. The first-order chi connectivity index (χ1) is 9.80. The molecule has 1 fully saturated rings. The van der Waals surface area contributed by atoms with Crippen LogP contribution in [0.5, 0.6) is 5.75 Å². The molecule has 1 aromatic carbocycles. The zero-order valence-corrected chi connectivity index (χ0v) is 12.7. The summed E-state index contributed by atoms with van der Waals surface area (Å²) in [6.45, 7) is 0.886. The summed E-state index contributed by atoms with van der Waals surface area (Å²) in [5.74, 6) is -0.271. The van der Waals surface area contributed by atoms with Crippen molar-refractivity contribution in [3.63, 3.8) is 0 Å². The fourth-order valence-electron chi connectivity index (χ4n) is 2.46. The fourth-order valence-corrected chi connectivity index (χ4v) is 3.24. The number of aliphatic hydroxyl groups is 1. The first-order valence-electron chi connectivity index (χ1n) is 6.49. The molecular formula is C13H19FN2O4S. The Balaban J connectivity index is 2.05. The number of methoxy groups -OCH3 is 1. The van der Waals surface area contributed by atoms with E-state index in [0.29, 0.717) is 12.1 Å². The molecule has 0 saturated carbocycles. The molecule has 1 aliphatic rings. The maximum Gasteiger partial charge on any atom is 0.209 e. The van der Waals surface area contributed by atoms with Gasteiger partial charge in [-0.05, 0) is 6.07 Å². The van der Waals surface area contributed by atoms with Gasteiger partial charge in [0.05, 0.1) is 25.5 Å². The second kappa shape index (κ2) is 6.27. The summed E-state index contributed by atoms with van der Waals surface area (Å²) in [5.41, 5.74) is 0.446. The van der Waals surface area contributed by atoms with Gasteiger partial charge in [0.15, 0.2) is 11.6 Å². The molecule has 2 N–H and O–H groups in total. The maximum atomic E-state index is 14.1. The highest BCUT2D eigenvalue weighted by atomic mass is 32.2. The minimum absolute atomic E-state index is 0.165. The second-order valence-corrected chi connectivity index (χ2v) is 6.97. The Morgan fingerprint density at radius 3 is 2.81 bits per heavy atom. The molecule has 1 saturated heterocycles. The van der Waals surface area contributed by atoms with E-state index in [1.165, 1.54) is 13.2 Å². The highest BCUT2D eigenvalue weighted by Gasteiger charge is 2.33. The van der Waals surface area contributed by atoms with E-state index in [1.54, 1.807) is 17.0 Å². The number of ether oxygens (including phenoxy) is 1. The Morgan fingerprint density at radius 2 is 2.19 bits per heavy atom. The number of rotatable bonds is 5. The smallest absolute Gasteiger partial charge is 0.209 e. The third-order valence-electron chi connectivity index (χ3n) is 3.39. The van der Waals surface area contributed by atoms with Crippen LogP contribution in [0.2, 0.25) is 0 Å². The monoisotopic (exact) mass is 318 g/mol. The van der Waals surface area contributed by atoms with Crippen LogP contribution in [-0.4, -0.2) is 57.0 Å². The summed E-state index contributed by atoms with van der Waals surface area (Å²) >= 11 is 0. The van der Waals surface area contributed by atoms with Crippen molar-refractivity contribution in [3.8, 4) is 5.75 Å². The molecule has 1 aromatic rings. The van der Waals surface area contributed by atoms with Crippen LogP contribution in [0.1, 0.15) is 5.56 Å². The van der Waals surface area contributed by atoms with Crippen LogP contribution in [0.25, 0.3) is 0 Å². The van der Waals surface area contributed by atoms with Crippen molar-refractivity contribution in [1.29, 1.82) is 0 Å². The molecule has 0 radical (unpaired) electrons. The molecule has 0 amide bonds. The molecule has 1 aliphatic heterocycles. The number of hydrogen-bond acceptors (Lipinski definition) is 5. The molecule has 2 atom stereocenters. The molecule has 0 unspecified atom stereocenters. The van der Waals surface area contributed by atoms with Gasteiger partial charge in [-0.2, -0.15) is 0 Å².